The molecule has 0 aliphatic rings. The van der Waals surface area contributed by atoms with E-state index in [0.717, 1.165) is 21.9 Å². The van der Waals surface area contributed by atoms with Crippen LogP contribution in [0.25, 0.3) is 10.8 Å². The smallest absolute Gasteiger partial charge is 0.271 e. The molecule has 37 heavy (non-hydrogen) atoms. The highest BCUT2D eigenvalue weighted by atomic mass is 35.5. The van der Waals surface area contributed by atoms with Crippen LogP contribution in [-0.4, -0.2) is 34.6 Å². The Morgan fingerprint density at radius 3 is 2.65 bits per heavy atom. The second-order valence-corrected chi connectivity index (χ2v) is 8.61. The number of phenols is 1. The molecule has 9 heteroatoms. The number of carbonyl (C=O) groups is 2. The monoisotopic (exact) mass is 514 g/mol. The third-order valence-corrected chi connectivity index (χ3v) is 6.05. The number of furan rings is 1. The van der Waals surface area contributed by atoms with E-state index in [1.807, 2.05) is 36.4 Å². The van der Waals surface area contributed by atoms with Gasteiger partial charge in [0.05, 0.1) is 43.0 Å². The van der Waals surface area contributed by atoms with Crippen molar-refractivity contribution in [1.82, 2.24) is 10.3 Å². The summed E-state index contributed by atoms with van der Waals surface area (Å²) in [6.07, 6.45) is 3.47. The summed E-state index contributed by atoms with van der Waals surface area (Å²) in [5.41, 5.74) is 4.31. The van der Waals surface area contributed by atoms with Crippen LogP contribution >= 0.6 is 11.6 Å². The first kappa shape index (κ1) is 25.5. The highest BCUT2D eigenvalue weighted by Gasteiger charge is 2.17. The lowest BCUT2D eigenvalue weighted by Crippen LogP contribution is -2.32. The van der Waals surface area contributed by atoms with Gasteiger partial charge in [-0.25, -0.2) is 5.43 Å². The average Bonchev–Trinajstić information content (AvgIpc) is 3.42. The highest BCUT2D eigenvalue weighted by Crippen LogP contribution is 2.24. The Labute approximate surface area is 218 Å². The lowest BCUT2D eigenvalue weighted by atomic mass is 9.98. The van der Waals surface area contributed by atoms with Gasteiger partial charge < -0.3 is 14.4 Å². The van der Waals surface area contributed by atoms with E-state index in [1.54, 1.807) is 23.3 Å². The van der Waals surface area contributed by atoms with Crippen molar-refractivity contribution in [3.8, 4) is 11.8 Å². The lowest BCUT2D eigenvalue weighted by molar-refractivity contribution is -0.131. The Balaban J connectivity index is 1.51. The maximum atomic E-state index is 13.2. The quantitative estimate of drug-likeness (QED) is 0.239. The number of phenolic OH excluding ortho intramolecular Hbond substituents is 1. The summed E-state index contributed by atoms with van der Waals surface area (Å²) in [5.74, 6) is -0.0445. The largest absolute Gasteiger partial charge is 0.506 e. The van der Waals surface area contributed by atoms with E-state index in [2.05, 4.69) is 16.6 Å². The standard InChI is InChI=1S/C28H23ClN4O4/c29-25-15-20(10-11-26(25)34)28(36)32-31-17-21-9-8-19(23-6-1-2-7-24(21)23)16-27(35)33(13-4-12-30)18-22-5-3-14-37-22/h1-3,5-11,14-15,17,34H,4,13,16,18H2,(H,32,36)/b31-17+. The van der Waals surface area contributed by atoms with E-state index >= 15 is 0 Å². The molecule has 3 aromatic carbocycles. The molecular formula is C28H23ClN4O4. The van der Waals surface area contributed by atoms with Gasteiger partial charge in [-0.3, -0.25) is 9.59 Å². The van der Waals surface area contributed by atoms with E-state index in [1.165, 1.54) is 24.4 Å². The molecule has 0 fully saturated rings. The van der Waals surface area contributed by atoms with Gasteiger partial charge in [-0.15, -0.1) is 0 Å². The molecule has 2 amide bonds. The zero-order valence-electron chi connectivity index (χ0n) is 19.7. The van der Waals surface area contributed by atoms with Gasteiger partial charge in [-0.1, -0.05) is 48.0 Å². The molecule has 0 atom stereocenters. The summed E-state index contributed by atoms with van der Waals surface area (Å²) in [5, 5.41) is 24.4. The van der Waals surface area contributed by atoms with Gasteiger partial charge in [-0.05, 0) is 46.7 Å². The number of halogens is 1. The molecule has 0 aliphatic carbocycles. The van der Waals surface area contributed by atoms with E-state index in [4.69, 9.17) is 21.3 Å². The van der Waals surface area contributed by atoms with Crippen molar-refractivity contribution in [3.63, 3.8) is 0 Å². The third kappa shape index (κ3) is 6.34. The second-order valence-electron chi connectivity index (χ2n) is 8.20. The number of rotatable bonds is 9. The summed E-state index contributed by atoms with van der Waals surface area (Å²) >= 11 is 5.87. The minimum atomic E-state index is -0.473. The number of fused-ring (bicyclic) bond motifs is 1. The van der Waals surface area contributed by atoms with Gasteiger partial charge in [0.25, 0.3) is 5.91 Å². The van der Waals surface area contributed by atoms with Crippen LogP contribution in [0.3, 0.4) is 0 Å². The van der Waals surface area contributed by atoms with Gasteiger partial charge in [0, 0.05) is 17.7 Å². The van der Waals surface area contributed by atoms with Gasteiger partial charge in [0.1, 0.15) is 11.5 Å². The normalized spacial score (nSPS) is 10.9. The van der Waals surface area contributed by atoms with Crippen molar-refractivity contribution < 1.29 is 19.1 Å². The average molecular weight is 515 g/mol. The maximum absolute atomic E-state index is 13.2. The van der Waals surface area contributed by atoms with Crippen LogP contribution in [0, 0.1) is 11.3 Å². The first-order valence-electron chi connectivity index (χ1n) is 11.5. The van der Waals surface area contributed by atoms with E-state index < -0.39 is 5.91 Å². The van der Waals surface area contributed by atoms with Gasteiger partial charge >= 0.3 is 0 Å². The van der Waals surface area contributed by atoms with Gasteiger partial charge in [0.15, 0.2) is 0 Å². The summed E-state index contributed by atoms with van der Waals surface area (Å²) in [4.78, 5) is 27.2. The number of amides is 2. The molecule has 8 nitrogen and oxygen atoms in total. The first-order chi connectivity index (χ1) is 18.0. The van der Waals surface area contributed by atoms with Gasteiger partial charge in [-0.2, -0.15) is 10.4 Å². The van der Waals surface area contributed by atoms with Crippen molar-refractivity contribution in [2.75, 3.05) is 6.54 Å². The molecule has 0 radical (unpaired) electrons. The molecular weight excluding hydrogens is 492 g/mol. The molecule has 0 aliphatic heterocycles. The molecule has 4 rings (SSSR count). The molecule has 0 saturated heterocycles. The zero-order chi connectivity index (χ0) is 26.2. The van der Waals surface area contributed by atoms with Crippen molar-refractivity contribution in [2.45, 2.75) is 19.4 Å². The molecule has 186 valence electrons. The highest BCUT2D eigenvalue weighted by molar-refractivity contribution is 6.32. The Kier molecular flexibility index (Phi) is 8.18. The topological polar surface area (TPSA) is 119 Å². The molecule has 0 spiro atoms. The van der Waals surface area contributed by atoms with Crippen LogP contribution in [0.2, 0.25) is 5.02 Å². The number of carbonyl (C=O) groups excluding carboxylic acids is 2. The molecule has 2 N–H and O–H groups in total. The van der Waals surface area contributed by atoms with Crippen LogP contribution in [-0.2, 0) is 17.8 Å². The fourth-order valence-electron chi connectivity index (χ4n) is 3.87. The maximum Gasteiger partial charge on any atom is 0.271 e. The third-order valence-electron chi connectivity index (χ3n) is 5.74. The van der Waals surface area contributed by atoms with E-state index in [9.17, 15) is 14.7 Å². The summed E-state index contributed by atoms with van der Waals surface area (Å²) < 4.78 is 5.38. The van der Waals surface area contributed by atoms with Crippen LogP contribution < -0.4 is 5.43 Å². The number of nitrogens with zero attached hydrogens (tertiary/aromatic N) is 3. The molecule has 0 unspecified atom stereocenters. The van der Waals surface area contributed by atoms with Crippen LogP contribution in [0.1, 0.15) is 33.7 Å². The predicted molar refractivity (Wildman–Crippen MR) is 140 cm³/mol. The minimum Gasteiger partial charge on any atom is -0.506 e. The lowest BCUT2D eigenvalue weighted by Gasteiger charge is -2.21. The van der Waals surface area contributed by atoms with E-state index in [0.29, 0.717) is 18.8 Å². The van der Waals surface area contributed by atoms with Crippen molar-refractivity contribution >= 4 is 40.4 Å². The Hall–Kier alpha value is -4.61. The molecule has 1 heterocycles. The van der Waals surface area contributed by atoms with Crippen molar-refractivity contribution in [3.05, 3.63) is 100 Å². The number of hydrogen-bond donors (Lipinski definition) is 2. The number of nitriles is 1. The van der Waals surface area contributed by atoms with Crippen molar-refractivity contribution in [1.29, 1.82) is 5.26 Å². The molecule has 0 bridgehead atoms. The predicted octanol–water partition coefficient (Wildman–Crippen LogP) is 5.04. The number of benzene rings is 3. The second kappa shape index (κ2) is 11.9. The van der Waals surface area contributed by atoms with Gasteiger partial charge in [0.2, 0.25) is 5.91 Å². The summed E-state index contributed by atoms with van der Waals surface area (Å²) in [6.45, 7) is 0.604. The minimum absolute atomic E-state index is 0.0723. The van der Waals surface area contributed by atoms with Crippen molar-refractivity contribution in [2.24, 2.45) is 5.10 Å². The molecule has 4 aromatic rings. The van der Waals surface area contributed by atoms with Crippen LogP contribution in [0.4, 0.5) is 0 Å². The zero-order valence-corrected chi connectivity index (χ0v) is 20.5. The Bertz CT molecular complexity index is 1490. The number of hydrazone groups is 1. The molecule has 0 saturated carbocycles. The Morgan fingerprint density at radius 1 is 1.11 bits per heavy atom. The van der Waals surface area contributed by atoms with Crippen LogP contribution in [0.5, 0.6) is 5.75 Å². The summed E-state index contributed by atoms with van der Waals surface area (Å²) in [6, 6.07) is 21.1. The fourth-order valence-corrected chi connectivity index (χ4v) is 4.05. The molecule has 1 aromatic heterocycles. The number of nitrogens with one attached hydrogen (secondary N) is 1. The number of aromatic hydroxyl groups is 1. The first-order valence-corrected chi connectivity index (χ1v) is 11.8. The summed E-state index contributed by atoms with van der Waals surface area (Å²) in [7, 11) is 0. The SMILES string of the molecule is N#CCCN(Cc1ccco1)C(=O)Cc1ccc(/C=N/NC(=O)c2ccc(O)c(Cl)c2)c2ccccc12. The van der Waals surface area contributed by atoms with E-state index in [-0.39, 0.29) is 35.1 Å². The number of hydrogen-bond acceptors (Lipinski definition) is 6. The Morgan fingerprint density at radius 2 is 1.92 bits per heavy atom. The fraction of sp³-hybridized carbons (Fsp3) is 0.143. The van der Waals surface area contributed by atoms with Crippen LogP contribution in [0.15, 0.2) is 82.5 Å².